The molecule has 0 radical (unpaired) electrons. The van der Waals surface area contributed by atoms with Gasteiger partial charge in [-0.15, -0.1) is 0 Å². The first-order chi connectivity index (χ1) is 6.18. The van der Waals surface area contributed by atoms with Crippen molar-refractivity contribution >= 4 is 33.0 Å². The fourth-order valence-corrected chi connectivity index (χ4v) is 1.42. The minimum atomic E-state index is -0.660. The summed E-state index contributed by atoms with van der Waals surface area (Å²) in [5.74, 6) is 0. The molecule has 2 rings (SSSR count). The van der Waals surface area contributed by atoms with Gasteiger partial charge in [0.2, 0.25) is 5.52 Å². The van der Waals surface area contributed by atoms with Crippen LogP contribution in [0.1, 0.15) is 0 Å². The van der Waals surface area contributed by atoms with Gasteiger partial charge in [-0.3, -0.25) is 0 Å². The summed E-state index contributed by atoms with van der Waals surface area (Å²) in [5, 5.41) is 10.3. The number of halogens is 1. The molecule has 0 atom stereocenters. The summed E-state index contributed by atoms with van der Waals surface area (Å²) >= 11 is 3.21. The Kier molecular flexibility index (Phi) is 1.77. The molecule has 0 aliphatic carbocycles. The molecule has 0 unspecified atom stereocenters. The smallest absolute Gasteiger partial charge is 0.381 e. The number of nitrogens with zero attached hydrogens (tertiary/aromatic N) is 2. The molecule has 1 aromatic heterocycles. The number of hydrogen-bond donors (Lipinski definition) is 0. The Labute approximate surface area is 80.6 Å². The maximum atomic E-state index is 10.3. The van der Waals surface area contributed by atoms with E-state index in [0.29, 0.717) is 15.6 Å². The molecular weight excluding hydrogens is 240 g/mol. The molecule has 1 heterocycles. The van der Waals surface area contributed by atoms with Gasteiger partial charge < -0.3 is 14.5 Å². The Hall–Kier alpha value is -1.43. The van der Waals surface area contributed by atoms with E-state index in [9.17, 15) is 10.1 Å². The van der Waals surface area contributed by atoms with E-state index >= 15 is 0 Å². The summed E-state index contributed by atoms with van der Waals surface area (Å²) in [4.78, 5) is 13.4. The second-order valence-corrected chi connectivity index (χ2v) is 3.19. The van der Waals surface area contributed by atoms with Crippen LogP contribution in [-0.4, -0.2) is 9.91 Å². The van der Waals surface area contributed by atoms with Gasteiger partial charge in [-0.25, -0.2) is 0 Å². The summed E-state index contributed by atoms with van der Waals surface area (Å²) in [5.41, 5.74) is 0.871. The first kappa shape index (κ1) is 8.18. The van der Waals surface area contributed by atoms with Crippen molar-refractivity contribution in [3.05, 3.63) is 32.8 Å². The van der Waals surface area contributed by atoms with E-state index in [4.69, 9.17) is 4.42 Å². The summed E-state index contributed by atoms with van der Waals surface area (Å²) in [7, 11) is 0. The van der Waals surface area contributed by atoms with Crippen LogP contribution in [0.25, 0.3) is 11.1 Å². The molecule has 0 aliphatic rings. The quantitative estimate of drug-likeness (QED) is 0.569. The molecule has 5 nitrogen and oxygen atoms in total. The minimum absolute atomic E-state index is 0.404. The lowest BCUT2D eigenvalue weighted by Crippen LogP contribution is -1.85. The first-order valence-corrected chi connectivity index (χ1v) is 4.17. The van der Waals surface area contributed by atoms with Gasteiger partial charge in [-0.1, -0.05) is 6.07 Å². The summed E-state index contributed by atoms with van der Waals surface area (Å²) in [6.45, 7) is 0. The Morgan fingerprint density at radius 1 is 1.54 bits per heavy atom. The number of nitro groups is 1. The monoisotopic (exact) mass is 242 g/mol. The number of fused-ring (bicyclic) bond motifs is 1. The molecule has 0 saturated carbocycles. The second kappa shape index (κ2) is 2.81. The van der Waals surface area contributed by atoms with Crippen LogP contribution in [0.3, 0.4) is 0 Å². The summed E-state index contributed by atoms with van der Waals surface area (Å²) in [6.07, 6.45) is 0. The SMILES string of the molecule is O=[N+]([O-])c1nc2c(Br)cccc2o1. The van der Waals surface area contributed by atoms with Crippen LogP contribution < -0.4 is 0 Å². The van der Waals surface area contributed by atoms with Gasteiger partial charge in [0.1, 0.15) is 0 Å². The van der Waals surface area contributed by atoms with E-state index < -0.39 is 10.9 Å². The van der Waals surface area contributed by atoms with Crippen LogP contribution in [0.4, 0.5) is 6.01 Å². The number of aromatic nitrogens is 1. The van der Waals surface area contributed by atoms with Gasteiger partial charge in [-0.2, -0.15) is 0 Å². The fourth-order valence-electron chi connectivity index (χ4n) is 0.981. The molecule has 66 valence electrons. The maximum absolute atomic E-state index is 10.3. The molecule has 0 bridgehead atoms. The Bertz CT molecular complexity index is 480. The normalized spacial score (nSPS) is 10.5. The van der Waals surface area contributed by atoms with E-state index in [1.165, 1.54) is 0 Å². The minimum Gasteiger partial charge on any atom is -0.381 e. The van der Waals surface area contributed by atoms with Crippen molar-refractivity contribution in [1.29, 1.82) is 0 Å². The lowest BCUT2D eigenvalue weighted by atomic mass is 10.3. The van der Waals surface area contributed by atoms with E-state index in [0.717, 1.165) is 0 Å². The highest BCUT2D eigenvalue weighted by molar-refractivity contribution is 9.10. The Morgan fingerprint density at radius 2 is 2.31 bits per heavy atom. The lowest BCUT2D eigenvalue weighted by molar-refractivity contribution is -0.406. The highest BCUT2D eigenvalue weighted by atomic mass is 79.9. The van der Waals surface area contributed by atoms with Gasteiger partial charge in [0, 0.05) is 9.91 Å². The van der Waals surface area contributed by atoms with E-state index in [-0.39, 0.29) is 0 Å². The van der Waals surface area contributed by atoms with Crippen molar-refractivity contribution in [3.63, 3.8) is 0 Å². The van der Waals surface area contributed by atoms with E-state index in [1.807, 2.05) is 0 Å². The molecule has 2 aromatic rings. The largest absolute Gasteiger partial charge is 0.546 e. The molecular formula is C7H3BrN2O3. The molecule has 6 heteroatoms. The van der Waals surface area contributed by atoms with Crippen molar-refractivity contribution in [2.24, 2.45) is 0 Å². The highest BCUT2D eigenvalue weighted by Gasteiger charge is 2.18. The van der Waals surface area contributed by atoms with Crippen LogP contribution in [-0.2, 0) is 0 Å². The molecule has 0 amide bonds. The van der Waals surface area contributed by atoms with Crippen LogP contribution in [0.2, 0.25) is 0 Å². The second-order valence-electron chi connectivity index (χ2n) is 2.34. The van der Waals surface area contributed by atoms with Crippen molar-refractivity contribution in [2.75, 3.05) is 0 Å². The van der Waals surface area contributed by atoms with Gasteiger partial charge >= 0.3 is 6.01 Å². The highest BCUT2D eigenvalue weighted by Crippen LogP contribution is 2.26. The van der Waals surface area contributed by atoms with Gasteiger partial charge in [0.05, 0.1) is 4.47 Å². The van der Waals surface area contributed by atoms with Crippen molar-refractivity contribution in [2.45, 2.75) is 0 Å². The van der Waals surface area contributed by atoms with Crippen molar-refractivity contribution < 1.29 is 9.34 Å². The number of rotatable bonds is 1. The fraction of sp³-hybridized carbons (Fsp3) is 0. The zero-order valence-corrected chi connectivity index (χ0v) is 7.82. The Morgan fingerprint density at radius 3 is 2.92 bits per heavy atom. The van der Waals surface area contributed by atoms with Crippen LogP contribution in [0.5, 0.6) is 0 Å². The van der Waals surface area contributed by atoms with Crippen LogP contribution >= 0.6 is 15.9 Å². The molecule has 0 N–H and O–H groups in total. The summed E-state index contributed by atoms with van der Waals surface area (Å²) < 4.78 is 5.55. The van der Waals surface area contributed by atoms with Gasteiger partial charge in [-0.05, 0) is 28.1 Å². The molecule has 1 aromatic carbocycles. The average Bonchev–Trinajstić information content (AvgIpc) is 2.49. The van der Waals surface area contributed by atoms with E-state index in [2.05, 4.69) is 20.9 Å². The predicted octanol–water partition coefficient (Wildman–Crippen LogP) is 2.50. The number of benzene rings is 1. The van der Waals surface area contributed by atoms with Crippen LogP contribution in [0, 0.1) is 10.1 Å². The number of oxazole rings is 1. The maximum Gasteiger partial charge on any atom is 0.546 e. The third kappa shape index (κ3) is 1.29. The van der Waals surface area contributed by atoms with Gasteiger partial charge in [0.25, 0.3) is 0 Å². The van der Waals surface area contributed by atoms with Crippen molar-refractivity contribution in [3.8, 4) is 0 Å². The standard InChI is InChI=1S/C7H3BrN2O3/c8-4-2-1-3-5-6(4)9-7(13-5)10(11)12/h1-3H. The third-order valence-corrected chi connectivity index (χ3v) is 2.15. The molecule has 0 aliphatic heterocycles. The topological polar surface area (TPSA) is 69.2 Å². The third-order valence-electron chi connectivity index (χ3n) is 1.51. The molecule has 0 spiro atoms. The summed E-state index contributed by atoms with van der Waals surface area (Å²) in [6, 6.07) is 4.61. The van der Waals surface area contributed by atoms with Gasteiger partial charge in [0.15, 0.2) is 5.58 Å². The Balaban J connectivity index is 2.75. The first-order valence-electron chi connectivity index (χ1n) is 3.38. The zero-order chi connectivity index (χ0) is 9.42. The lowest BCUT2D eigenvalue weighted by Gasteiger charge is -1.83. The molecule has 0 fully saturated rings. The molecule has 0 saturated heterocycles. The van der Waals surface area contributed by atoms with E-state index in [1.54, 1.807) is 18.2 Å². The average molecular weight is 243 g/mol. The number of para-hydroxylation sites is 1. The van der Waals surface area contributed by atoms with Crippen molar-refractivity contribution in [1.82, 2.24) is 4.98 Å². The zero-order valence-electron chi connectivity index (χ0n) is 6.23. The predicted molar refractivity (Wildman–Crippen MR) is 48.4 cm³/mol. The number of hydrogen-bond acceptors (Lipinski definition) is 4. The molecule has 13 heavy (non-hydrogen) atoms. The van der Waals surface area contributed by atoms with Crippen LogP contribution in [0.15, 0.2) is 27.1 Å².